The summed E-state index contributed by atoms with van der Waals surface area (Å²) in [5.74, 6) is -1.19. The van der Waals surface area contributed by atoms with Crippen LogP contribution in [0.25, 0.3) is 0 Å². The van der Waals surface area contributed by atoms with E-state index in [2.05, 4.69) is 0 Å². The molecule has 1 aromatic carbocycles. The Balaban J connectivity index is 2.38. The largest absolute Gasteiger partial charge is 0.320 e. The first kappa shape index (κ1) is 10.3. The number of rotatable bonds is 2. The first-order chi connectivity index (χ1) is 7.18. The molecule has 0 aliphatic heterocycles. The van der Waals surface area contributed by atoms with Crippen molar-refractivity contribution in [2.24, 2.45) is 5.73 Å². The van der Waals surface area contributed by atoms with Gasteiger partial charge in [-0.25, -0.2) is 8.78 Å². The van der Waals surface area contributed by atoms with Crippen LogP contribution in [0.15, 0.2) is 35.7 Å². The molecule has 0 amide bonds. The standard InChI is InChI=1S/C11H9F2NS/c12-7-3-4-8(9(13)6-7)11(14)10-2-1-5-15-10/h1-6,11H,14H2. The third-order valence-electron chi connectivity index (χ3n) is 2.15. The smallest absolute Gasteiger partial charge is 0.131 e. The van der Waals surface area contributed by atoms with Gasteiger partial charge in [-0.3, -0.25) is 0 Å². The predicted octanol–water partition coefficient (Wildman–Crippen LogP) is 3.07. The van der Waals surface area contributed by atoms with Crippen molar-refractivity contribution in [3.63, 3.8) is 0 Å². The minimum absolute atomic E-state index is 0.318. The Morgan fingerprint density at radius 3 is 2.60 bits per heavy atom. The minimum Gasteiger partial charge on any atom is -0.320 e. The van der Waals surface area contributed by atoms with Crippen molar-refractivity contribution in [3.05, 3.63) is 57.8 Å². The molecule has 0 saturated carbocycles. The van der Waals surface area contributed by atoms with Crippen LogP contribution in [0.5, 0.6) is 0 Å². The summed E-state index contributed by atoms with van der Waals surface area (Å²) in [6, 6.07) is 6.61. The van der Waals surface area contributed by atoms with Crippen LogP contribution in [-0.4, -0.2) is 0 Å². The van der Waals surface area contributed by atoms with Gasteiger partial charge < -0.3 is 5.73 Å². The summed E-state index contributed by atoms with van der Waals surface area (Å²) in [7, 11) is 0. The molecule has 2 rings (SSSR count). The van der Waals surface area contributed by atoms with Crippen molar-refractivity contribution < 1.29 is 8.78 Å². The molecule has 0 aliphatic rings. The highest BCUT2D eigenvalue weighted by atomic mass is 32.1. The summed E-state index contributed by atoms with van der Waals surface area (Å²) in [6.45, 7) is 0. The van der Waals surface area contributed by atoms with E-state index in [1.165, 1.54) is 23.5 Å². The molecule has 15 heavy (non-hydrogen) atoms. The van der Waals surface area contributed by atoms with Crippen LogP contribution in [0.3, 0.4) is 0 Å². The highest BCUT2D eigenvalue weighted by Crippen LogP contribution is 2.25. The molecule has 0 aliphatic carbocycles. The van der Waals surface area contributed by atoms with Crippen molar-refractivity contribution in [1.29, 1.82) is 0 Å². The fraction of sp³-hybridized carbons (Fsp3) is 0.0909. The first-order valence-corrected chi connectivity index (χ1v) is 5.30. The Kier molecular flexibility index (Phi) is 2.79. The van der Waals surface area contributed by atoms with Crippen LogP contribution in [0.2, 0.25) is 0 Å². The highest BCUT2D eigenvalue weighted by Gasteiger charge is 2.14. The number of hydrogen-bond donors (Lipinski definition) is 1. The SMILES string of the molecule is NC(c1cccs1)c1ccc(F)cc1F. The average Bonchev–Trinajstić information content (AvgIpc) is 2.69. The molecule has 4 heteroatoms. The van der Waals surface area contributed by atoms with E-state index in [1.54, 1.807) is 0 Å². The maximum atomic E-state index is 13.4. The lowest BCUT2D eigenvalue weighted by molar-refractivity contribution is 0.566. The van der Waals surface area contributed by atoms with Gasteiger partial charge in [0.05, 0.1) is 6.04 Å². The van der Waals surface area contributed by atoms with Gasteiger partial charge in [0.25, 0.3) is 0 Å². The van der Waals surface area contributed by atoms with Crippen LogP contribution in [0, 0.1) is 11.6 Å². The van der Waals surface area contributed by atoms with Gasteiger partial charge in [-0.2, -0.15) is 0 Å². The van der Waals surface area contributed by atoms with Gasteiger partial charge in [0.15, 0.2) is 0 Å². The van der Waals surface area contributed by atoms with Crippen molar-refractivity contribution in [3.8, 4) is 0 Å². The van der Waals surface area contributed by atoms with Gasteiger partial charge in [-0.05, 0) is 17.5 Å². The second-order valence-electron chi connectivity index (χ2n) is 3.16. The van der Waals surface area contributed by atoms with E-state index in [9.17, 15) is 8.78 Å². The molecule has 0 bridgehead atoms. The molecule has 0 saturated heterocycles. The Morgan fingerprint density at radius 2 is 2.00 bits per heavy atom. The van der Waals surface area contributed by atoms with Crippen molar-refractivity contribution in [2.75, 3.05) is 0 Å². The van der Waals surface area contributed by atoms with Crippen molar-refractivity contribution in [2.45, 2.75) is 6.04 Å². The van der Waals surface area contributed by atoms with E-state index < -0.39 is 17.7 Å². The van der Waals surface area contributed by atoms with E-state index in [1.807, 2.05) is 17.5 Å². The average molecular weight is 225 g/mol. The second kappa shape index (κ2) is 4.08. The Morgan fingerprint density at radius 1 is 1.20 bits per heavy atom. The summed E-state index contributed by atoms with van der Waals surface area (Å²) in [5.41, 5.74) is 6.18. The lowest BCUT2D eigenvalue weighted by Crippen LogP contribution is -2.12. The molecule has 0 radical (unpaired) electrons. The van der Waals surface area contributed by atoms with E-state index in [4.69, 9.17) is 5.73 Å². The minimum atomic E-state index is -0.601. The number of halogens is 2. The molecule has 1 unspecified atom stereocenters. The molecule has 1 heterocycles. The van der Waals surface area contributed by atoms with Gasteiger partial charge in [-0.1, -0.05) is 12.1 Å². The lowest BCUT2D eigenvalue weighted by atomic mass is 10.1. The molecule has 2 aromatic rings. The summed E-state index contributed by atoms with van der Waals surface area (Å²) < 4.78 is 26.1. The van der Waals surface area contributed by atoms with Gasteiger partial charge in [0, 0.05) is 16.5 Å². The molecule has 78 valence electrons. The van der Waals surface area contributed by atoms with Gasteiger partial charge in [0.1, 0.15) is 11.6 Å². The topological polar surface area (TPSA) is 26.0 Å². The molecular formula is C11H9F2NS. The third-order valence-corrected chi connectivity index (χ3v) is 3.10. The zero-order chi connectivity index (χ0) is 10.8. The normalized spacial score (nSPS) is 12.7. The van der Waals surface area contributed by atoms with Gasteiger partial charge in [-0.15, -0.1) is 11.3 Å². The van der Waals surface area contributed by atoms with E-state index in [0.29, 0.717) is 5.56 Å². The zero-order valence-corrected chi connectivity index (χ0v) is 8.60. The fourth-order valence-corrected chi connectivity index (χ4v) is 2.12. The van der Waals surface area contributed by atoms with Crippen LogP contribution >= 0.6 is 11.3 Å². The van der Waals surface area contributed by atoms with Crippen LogP contribution in [0.1, 0.15) is 16.5 Å². The molecule has 1 atom stereocenters. The molecule has 1 aromatic heterocycles. The Bertz CT molecular complexity index is 454. The molecule has 0 spiro atoms. The van der Waals surface area contributed by atoms with Crippen molar-refractivity contribution >= 4 is 11.3 Å². The number of hydrogen-bond acceptors (Lipinski definition) is 2. The summed E-state index contributed by atoms with van der Waals surface area (Å²) in [5, 5.41) is 1.87. The fourth-order valence-electron chi connectivity index (χ4n) is 1.38. The number of thiophene rings is 1. The Hall–Kier alpha value is -1.26. The maximum absolute atomic E-state index is 13.4. The number of benzene rings is 1. The lowest BCUT2D eigenvalue weighted by Gasteiger charge is -2.10. The maximum Gasteiger partial charge on any atom is 0.131 e. The van der Waals surface area contributed by atoms with Gasteiger partial charge in [0.2, 0.25) is 0 Å². The van der Waals surface area contributed by atoms with E-state index in [0.717, 1.165) is 10.9 Å². The van der Waals surface area contributed by atoms with Gasteiger partial charge >= 0.3 is 0 Å². The van der Waals surface area contributed by atoms with Crippen LogP contribution < -0.4 is 5.73 Å². The van der Waals surface area contributed by atoms with Crippen LogP contribution in [-0.2, 0) is 0 Å². The molecule has 1 nitrogen and oxygen atoms in total. The van der Waals surface area contributed by atoms with E-state index >= 15 is 0 Å². The summed E-state index contributed by atoms with van der Waals surface area (Å²) in [6.07, 6.45) is 0. The second-order valence-corrected chi connectivity index (χ2v) is 4.14. The molecular weight excluding hydrogens is 216 g/mol. The number of nitrogens with two attached hydrogens (primary N) is 1. The molecule has 2 N–H and O–H groups in total. The predicted molar refractivity (Wildman–Crippen MR) is 56.7 cm³/mol. The summed E-state index contributed by atoms with van der Waals surface area (Å²) >= 11 is 1.45. The van der Waals surface area contributed by atoms with Crippen molar-refractivity contribution in [1.82, 2.24) is 0 Å². The van der Waals surface area contributed by atoms with E-state index in [-0.39, 0.29) is 0 Å². The quantitative estimate of drug-likeness (QED) is 0.835. The zero-order valence-electron chi connectivity index (χ0n) is 7.78. The monoisotopic (exact) mass is 225 g/mol. The molecule has 0 fully saturated rings. The van der Waals surface area contributed by atoms with Crippen LogP contribution in [0.4, 0.5) is 8.78 Å². The highest BCUT2D eigenvalue weighted by molar-refractivity contribution is 7.10. The third kappa shape index (κ3) is 2.06. The Labute approximate surface area is 90.2 Å². The summed E-state index contributed by atoms with van der Waals surface area (Å²) in [4.78, 5) is 0.862. The first-order valence-electron chi connectivity index (χ1n) is 4.42.